The van der Waals surface area contributed by atoms with E-state index in [0.29, 0.717) is 12.2 Å². The zero-order chi connectivity index (χ0) is 16.9. The Morgan fingerprint density at radius 1 is 1.13 bits per heavy atom. The summed E-state index contributed by atoms with van der Waals surface area (Å²) in [6.45, 7) is 2.21. The van der Waals surface area contributed by atoms with Crippen molar-refractivity contribution < 1.29 is 4.79 Å². The Bertz CT molecular complexity index is 430. The summed E-state index contributed by atoms with van der Waals surface area (Å²) in [6.07, 6.45) is 15.0. The summed E-state index contributed by atoms with van der Waals surface area (Å²) in [5.74, 6) is 0.492. The maximum absolute atomic E-state index is 13.1. The smallest absolute Gasteiger partial charge is 0.191 e. The molecule has 0 aliphatic heterocycles. The third kappa shape index (κ3) is 5.38. The van der Waals surface area contributed by atoms with E-state index in [-0.39, 0.29) is 11.3 Å². The molecule has 0 aromatic heterocycles. The second-order valence-electron chi connectivity index (χ2n) is 7.40. The van der Waals surface area contributed by atoms with Gasteiger partial charge in [-0.3, -0.25) is 4.79 Å². The van der Waals surface area contributed by atoms with E-state index in [1.54, 1.807) is 0 Å². The molecule has 0 bridgehead atoms. The number of hydrogen-bond acceptors (Lipinski definition) is 1. The third-order valence-electron chi connectivity index (χ3n) is 5.53. The molecule has 0 amide bonds. The molecule has 0 N–H and O–H groups in total. The number of allylic oxidation sites excluding steroid dienone is 2. The van der Waals surface area contributed by atoms with Gasteiger partial charge >= 0.3 is 0 Å². The zero-order valence-electron chi connectivity index (χ0n) is 14.2. The van der Waals surface area contributed by atoms with Crippen LogP contribution in [0.2, 0.25) is 0 Å². The molecule has 1 nitrogen and oxygen atoms in total. The first-order valence-electron chi connectivity index (χ1n) is 9.19. The zero-order valence-corrected chi connectivity index (χ0v) is 16.4. The Hall–Kier alpha value is 0.280. The van der Waals surface area contributed by atoms with E-state index in [0.717, 1.165) is 50.5 Å². The SMILES string of the molecule is CCCCCC/C=C1/C(=O)C2(CCCCC2)C[C@H]1CC(Cl)(Cl)Cl. The molecule has 2 aliphatic rings. The fraction of sp³-hybridized carbons (Fsp3) is 0.842. The Kier molecular flexibility index (Phi) is 7.32. The normalized spacial score (nSPS) is 26.3. The van der Waals surface area contributed by atoms with E-state index >= 15 is 0 Å². The first-order chi connectivity index (χ1) is 10.9. The fourth-order valence-corrected chi connectivity index (χ4v) is 4.93. The molecule has 2 rings (SSSR count). The number of hydrogen-bond donors (Lipinski definition) is 0. The number of carbonyl (C=O) groups excluding carboxylic acids is 1. The topological polar surface area (TPSA) is 17.1 Å². The van der Waals surface area contributed by atoms with Crippen LogP contribution in [0.1, 0.15) is 84.0 Å². The lowest BCUT2D eigenvalue weighted by molar-refractivity contribution is -0.124. The number of alkyl halides is 3. The van der Waals surface area contributed by atoms with E-state index in [4.69, 9.17) is 34.8 Å². The molecule has 2 aliphatic carbocycles. The number of unbranched alkanes of at least 4 members (excludes halogenated alkanes) is 4. The predicted octanol–water partition coefficient (Wildman–Crippen LogP) is 7.18. The van der Waals surface area contributed by atoms with Crippen molar-refractivity contribution in [3.63, 3.8) is 0 Å². The Labute approximate surface area is 156 Å². The van der Waals surface area contributed by atoms with Gasteiger partial charge in [-0.15, -0.1) is 0 Å². The summed E-state index contributed by atoms with van der Waals surface area (Å²) in [4.78, 5) is 13.1. The number of rotatable bonds is 6. The first-order valence-corrected chi connectivity index (χ1v) is 10.3. The van der Waals surface area contributed by atoms with Crippen LogP contribution in [0.4, 0.5) is 0 Å². The highest BCUT2D eigenvalue weighted by atomic mass is 35.6. The summed E-state index contributed by atoms with van der Waals surface area (Å²) in [6, 6.07) is 0. The maximum atomic E-state index is 13.1. The van der Waals surface area contributed by atoms with Crippen molar-refractivity contribution in [3.8, 4) is 0 Å². The molecule has 0 heterocycles. The van der Waals surface area contributed by atoms with Gasteiger partial charge in [0.25, 0.3) is 0 Å². The summed E-state index contributed by atoms with van der Waals surface area (Å²) in [5, 5.41) is 0. The minimum absolute atomic E-state index is 0.124. The summed E-state index contributed by atoms with van der Waals surface area (Å²) in [7, 11) is 0. The Morgan fingerprint density at radius 2 is 1.83 bits per heavy atom. The minimum Gasteiger partial charge on any atom is -0.294 e. The molecule has 0 radical (unpaired) electrons. The summed E-state index contributed by atoms with van der Waals surface area (Å²) < 4.78 is -1.27. The molecule has 132 valence electrons. The molecule has 2 saturated carbocycles. The lowest BCUT2D eigenvalue weighted by atomic mass is 9.71. The number of carbonyl (C=O) groups is 1. The quantitative estimate of drug-likeness (QED) is 0.271. The van der Waals surface area contributed by atoms with Gasteiger partial charge in [-0.25, -0.2) is 0 Å². The standard InChI is InChI=1S/C19H29Cl3O/c1-2-3-4-5-7-10-16-15(14-19(20,21)22)13-18(17(16)23)11-8-6-9-12-18/h10,15H,2-9,11-14H2,1H3/b16-10+/t15-/m0/s1. The molecule has 4 heteroatoms. The maximum Gasteiger partial charge on any atom is 0.191 e. The van der Waals surface area contributed by atoms with Crippen LogP contribution < -0.4 is 0 Å². The van der Waals surface area contributed by atoms with Crippen molar-refractivity contribution in [2.24, 2.45) is 11.3 Å². The Balaban J connectivity index is 2.09. The van der Waals surface area contributed by atoms with Crippen LogP contribution in [0.3, 0.4) is 0 Å². The van der Waals surface area contributed by atoms with Crippen molar-refractivity contribution in [2.75, 3.05) is 0 Å². The van der Waals surface area contributed by atoms with Crippen LogP contribution in [0.5, 0.6) is 0 Å². The van der Waals surface area contributed by atoms with E-state index in [1.807, 2.05) is 0 Å². The lowest BCUT2D eigenvalue weighted by Gasteiger charge is -2.31. The van der Waals surface area contributed by atoms with Gasteiger partial charge in [-0.05, 0) is 43.6 Å². The molecular formula is C19H29Cl3O. The highest BCUT2D eigenvalue weighted by Gasteiger charge is 2.50. The van der Waals surface area contributed by atoms with Crippen molar-refractivity contribution in [1.29, 1.82) is 0 Å². The van der Waals surface area contributed by atoms with Crippen molar-refractivity contribution in [2.45, 2.75) is 87.8 Å². The molecule has 0 saturated heterocycles. The van der Waals surface area contributed by atoms with E-state index in [2.05, 4.69) is 13.0 Å². The molecular weight excluding hydrogens is 351 g/mol. The number of ketones is 1. The van der Waals surface area contributed by atoms with Gasteiger partial charge in [0.15, 0.2) is 9.58 Å². The molecule has 1 spiro atoms. The second kappa shape index (κ2) is 8.59. The molecule has 0 aromatic rings. The molecule has 0 unspecified atom stereocenters. The van der Waals surface area contributed by atoms with Gasteiger partial charge in [0.1, 0.15) is 0 Å². The van der Waals surface area contributed by atoms with E-state index in [9.17, 15) is 4.79 Å². The van der Waals surface area contributed by atoms with Crippen molar-refractivity contribution >= 4 is 40.6 Å². The molecule has 2 fully saturated rings. The fourth-order valence-electron chi connectivity index (χ4n) is 4.38. The first kappa shape index (κ1) is 19.6. The monoisotopic (exact) mass is 378 g/mol. The minimum atomic E-state index is -1.27. The lowest BCUT2D eigenvalue weighted by Crippen LogP contribution is -2.28. The average Bonchev–Trinajstić information content (AvgIpc) is 2.71. The van der Waals surface area contributed by atoms with Gasteiger partial charge in [0.2, 0.25) is 0 Å². The Morgan fingerprint density at radius 3 is 2.43 bits per heavy atom. The summed E-state index contributed by atoms with van der Waals surface area (Å²) in [5.41, 5.74) is 0.823. The van der Waals surface area contributed by atoms with Gasteiger partial charge in [-0.2, -0.15) is 0 Å². The molecule has 0 aromatic carbocycles. The number of Topliss-reactive ketones (excluding diaryl/α,β-unsaturated/α-hetero) is 1. The van der Waals surface area contributed by atoms with Gasteiger partial charge in [0.05, 0.1) is 0 Å². The van der Waals surface area contributed by atoms with Crippen molar-refractivity contribution in [3.05, 3.63) is 11.6 Å². The van der Waals surface area contributed by atoms with Gasteiger partial charge < -0.3 is 0 Å². The average molecular weight is 380 g/mol. The van der Waals surface area contributed by atoms with E-state index in [1.165, 1.54) is 25.7 Å². The molecule has 1 atom stereocenters. The largest absolute Gasteiger partial charge is 0.294 e. The van der Waals surface area contributed by atoms with Crippen LogP contribution in [-0.2, 0) is 4.79 Å². The van der Waals surface area contributed by atoms with E-state index < -0.39 is 3.79 Å². The predicted molar refractivity (Wildman–Crippen MR) is 100 cm³/mol. The number of halogens is 3. The molecule has 23 heavy (non-hydrogen) atoms. The van der Waals surface area contributed by atoms with Crippen LogP contribution in [0, 0.1) is 11.3 Å². The highest BCUT2D eigenvalue weighted by molar-refractivity contribution is 6.67. The highest BCUT2D eigenvalue weighted by Crippen LogP contribution is 2.54. The van der Waals surface area contributed by atoms with Crippen molar-refractivity contribution in [1.82, 2.24) is 0 Å². The van der Waals surface area contributed by atoms with Crippen LogP contribution >= 0.6 is 34.8 Å². The summed E-state index contributed by atoms with van der Waals surface area (Å²) >= 11 is 18.1. The van der Waals surface area contributed by atoms with Crippen LogP contribution in [0.25, 0.3) is 0 Å². The van der Waals surface area contributed by atoms with Crippen LogP contribution in [0.15, 0.2) is 11.6 Å². The third-order valence-corrected chi connectivity index (χ3v) is 5.99. The van der Waals surface area contributed by atoms with Gasteiger partial charge in [0, 0.05) is 11.8 Å². The van der Waals surface area contributed by atoms with Crippen LogP contribution in [-0.4, -0.2) is 9.58 Å². The second-order valence-corrected chi connectivity index (χ2v) is 9.92. The van der Waals surface area contributed by atoms with Gasteiger partial charge in [-0.1, -0.05) is 86.3 Å².